The molecule has 1 aliphatic heterocycles. The molecule has 0 aliphatic carbocycles. The van der Waals surface area contributed by atoms with Gasteiger partial charge < -0.3 is 14.9 Å². The van der Waals surface area contributed by atoms with Gasteiger partial charge in [-0.15, -0.1) is 17.9 Å². The molecule has 0 saturated heterocycles. The molecule has 1 unspecified atom stereocenters. The summed E-state index contributed by atoms with van der Waals surface area (Å²) in [5.41, 5.74) is 1.60. The van der Waals surface area contributed by atoms with Gasteiger partial charge in [0.1, 0.15) is 11.9 Å². The van der Waals surface area contributed by atoms with E-state index in [1.165, 1.54) is 11.6 Å². The fourth-order valence-corrected chi connectivity index (χ4v) is 4.92. The van der Waals surface area contributed by atoms with E-state index in [0.717, 1.165) is 35.5 Å². The fourth-order valence-electron chi connectivity index (χ4n) is 4.35. The minimum absolute atomic E-state index is 0.111. The highest BCUT2D eigenvalue weighted by atomic mass is 32.1. The lowest BCUT2D eigenvalue weighted by molar-refractivity contribution is -0.153. The van der Waals surface area contributed by atoms with Gasteiger partial charge in [0.15, 0.2) is 0 Å². The molecule has 0 fully saturated rings. The first kappa shape index (κ1) is 29.1. The average Bonchev–Trinajstić information content (AvgIpc) is 3.20. The van der Waals surface area contributed by atoms with Crippen LogP contribution in [-0.2, 0) is 14.3 Å². The highest BCUT2D eigenvalue weighted by Crippen LogP contribution is 2.33. The predicted molar refractivity (Wildman–Crippen MR) is 141 cm³/mol. The number of cyclic esters (lactones) is 1. The molecule has 0 radical (unpaired) electrons. The Bertz CT molecular complexity index is 960. The molecule has 6 nitrogen and oxygen atoms in total. The molecule has 35 heavy (non-hydrogen) atoms. The number of aliphatic hydroxyl groups excluding tert-OH is 2. The molecule has 1 aromatic rings. The SMILES string of the molecule is C=CC1C(=O)C(C)(C)[C@@H](O)CC(=O)O[C@H](/C(C)=C/c2csc(C)n2)C/C=C(/C)CCC[C@H](C)[C@@H]1O. The van der Waals surface area contributed by atoms with E-state index < -0.39 is 35.6 Å². The van der Waals surface area contributed by atoms with Crippen molar-refractivity contribution >= 4 is 29.2 Å². The zero-order valence-electron chi connectivity index (χ0n) is 21.9. The van der Waals surface area contributed by atoms with Crippen molar-refractivity contribution in [3.63, 3.8) is 0 Å². The van der Waals surface area contributed by atoms with Gasteiger partial charge in [0.2, 0.25) is 0 Å². The van der Waals surface area contributed by atoms with Gasteiger partial charge in [0.05, 0.1) is 40.7 Å². The van der Waals surface area contributed by atoms with Crippen LogP contribution in [0, 0.1) is 24.2 Å². The molecule has 7 heteroatoms. The van der Waals surface area contributed by atoms with Crippen molar-refractivity contribution in [2.75, 3.05) is 0 Å². The summed E-state index contributed by atoms with van der Waals surface area (Å²) in [6, 6.07) is 0. The standard InChI is InChI=1S/C28H41NO5S/c1-8-22-26(32)18(3)11-9-10-17(2)12-13-23(19(4)14-21-16-35-20(5)29-21)34-25(31)15-24(30)28(6,7)27(22)33/h8,12,14,16,18,22-24,26,30,32H,1,9-11,13,15H2,2-7H3/b17-12-,19-14+/t18-,22?,23-,24-,26-/m0/s1. The summed E-state index contributed by atoms with van der Waals surface area (Å²) >= 11 is 1.56. The van der Waals surface area contributed by atoms with Crippen LogP contribution in [0.3, 0.4) is 0 Å². The molecule has 2 rings (SSSR count). The van der Waals surface area contributed by atoms with Crippen molar-refractivity contribution in [1.29, 1.82) is 0 Å². The molecule has 2 heterocycles. The highest BCUT2D eigenvalue weighted by Gasteiger charge is 2.43. The number of allylic oxidation sites excluding steroid dienone is 1. The molecule has 194 valence electrons. The van der Waals surface area contributed by atoms with Gasteiger partial charge in [-0.3, -0.25) is 9.59 Å². The Morgan fingerprint density at radius 2 is 1.97 bits per heavy atom. The molecule has 0 spiro atoms. The lowest BCUT2D eigenvalue weighted by Gasteiger charge is -2.34. The van der Waals surface area contributed by atoms with Crippen molar-refractivity contribution in [1.82, 2.24) is 4.98 Å². The summed E-state index contributed by atoms with van der Waals surface area (Å²) in [5, 5.41) is 24.7. The van der Waals surface area contributed by atoms with Gasteiger partial charge in [-0.1, -0.05) is 38.5 Å². The number of aromatic nitrogens is 1. The molecular weight excluding hydrogens is 462 g/mol. The van der Waals surface area contributed by atoms with Crippen LogP contribution in [0.4, 0.5) is 0 Å². The lowest BCUT2D eigenvalue weighted by atomic mass is 9.72. The van der Waals surface area contributed by atoms with E-state index >= 15 is 0 Å². The molecule has 0 bridgehead atoms. The molecule has 2 N–H and O–H groups in total. The van der Waals surface area contributed by atoms with Crippen molar-refractivity contribution < 1.29 is 24.5 Å². The van der Waals surface area contributed by atoms with Crippen LogP contribution >= 0.6 is 11.3 Å². The van der Waals surface area contributed by atoms with Gasteiger partial charge >= 0.3 is 5.97 Å². The minimum atomic E-state index is -1.26. The second-order valence-corrected chi connectivity index (χ2v) is 11.4. The van der Waals surface area contributed by atoms with Crippen LogP contribution in [-0.4, -0.2) is 45.3 Å². The third kappa shape index (κ3) is 7.95. The molecule has 0 aromatic carbocycles. The number of carbonyl (C=O) groups excluding carboxylic acids is 2. The number of esters is 1. The lowest BCUT2D eigenvalue weighted by Crippen LogP contribution is -2.46. The zero-order chi connectivity index (χ0) is 26.3. The van der Waals surface area contributed by atoms with E-state index in [-0.39, 0.29) is 18.1 Å². The summed E-state index contributed by atoms with van der Waals surface area (Å²) in [5.74, 6) is -1.84. The molecule has 1 aromatic heterocycles. The van der Waals surface area contributed by atoms with Crippen LogP contribution in [0.5, 0.6) is 0 Å². The minimum Gasteiger partial charge on any atom is -0.457 e. The fraction of sp³-hybridized carbons (Fsp3) is 0.607. The molecule has 1 aliphatic rings. The average molecular weight is 504 g/mol. The second-order valence-electron chi connectivity index (χ2n) is 10.4. The van der Waals surface area contributed by atoms with Crippen LogP contribution in [0.15, 0.2) is 35.3 Å². The Kier molecular flexibility index (Phi) is 10.6. The summed E-state index contributed by atoms with van der Waals surface area (Å²) < 4.78 is 5.81. The Balaban J connectivity index is 2.36. The number of aliphatic hydroxyl groups is 2. The number of ketones is 1. The molecule has 5 atom stereocenters. The number of nitrogens with zero attached hydrogens (tertiary/aromatic N) is 1. The second kappa shape index (κ2) is 12.7. The van der Waals surface area contributed by atoms with E-state index in [1.807, 2.05) is 39.2 Å². The maximum Gasteiger partial charge on any atom is 0.309 e. The first-order chi connectivity index (χ1) is 16.4. The maximum absolute atomic E-state index is 13.3. The Morgan fingerprint density at radius 1 is 1.29 bits per heavy atom. The zero-order valence-corrected chi connectivity index (χ0v) is 22.7. The maximum atomic E-state index is 13.3. The first-order valence-electron chi connectivity index (χ1n) is 12.3. The number of thiazole rings is 1. The molecule has 0 saturated carbocycles. The number of Topliss-reactive ketones (excluding diaryl/α,β-unsaturated/α-hetero) is 1. The molecule has 0 amide bonds. The third-order valence-corrected chi connectivity index (χ3v) is 7.83. The van der Waals surface area contributed by atoms with Gasteiger partial charge in [-0.25, -0.2) is 4.98 Å². The van der Waals surface area contributed by atoms with E-state index in [4.69, 9.17) is 4.74 Å². The topological polar surface area (TPSA) is 96.7 Å². The third-order valence-electron chi connectivity index (χ3n) is 7.04. The normalized spacial score (nSPS) is 31.4. The van der Waals surface area contributed by atoms with Crippen molar-refractivity contribution in [3.8, 4) is 0 Å². The molecular formula is C28H41NO5S. The van der Waals surface area contributed by atoms with Crippen molar-refractivity contribution in [2.24, 2.45) is 17.3 Å². The van der Waals surface area contributed by atoms with Gasteiger partial charge in [-0.2, -0.15) is 0 Å². The van der Waals surface area contributed by atoms with Crippen molar-refractivity contribution in [2.45, 2.75) is 92.0 Å². The van der Waals surface area contributed by atoms with Crippen LogP contribution in [0.2, 0.25) is 0 Å². The van der Waals surface area contributed by atoms with Gasteiger partial charge in [0, 0.05) is 11.8 Å². The largest absolute Gasteiger partial charge is 0.457 e. The van der Waals surface area contributed by atoms with E-state index in [1.54, 1.807) is 25.2 Å². The first-order valence-corrected chi connectivity index (χ1v) is 13.2. The Morgan fingerprint density at radius 3 is 2.57 bits per heavy atom. The summed E-state index contributed by atoms with van der Waals surface area (Å²) in [7, 11) is 0. The van der Waals surface area contributed by atoms with E-state index in [9.17, 15) is 19.8 Å². The summed E-state index contributed by atoms with van der Waals surface area (Å²) in [6.07, 6.45) is 5.46. The number of aryl methyl sites for hydroxylation is 1. The van der Waals surface area contributed by atoms with E-state index in [0.29, 0.717) is 6.42 Å². The number of carbonyl (C=O) groups is 2. The quantitative estimate of drug-likeness (QED) is 0.422. The highest BCUT2D eigenvalue weighted by molar-refractivity contribution is 7.09. The van der Waals surface area contributed by atoms with E-state index in [2.05, 4.69) is 17.6 Å². The van der Waals surface area contributed by atoms with Gasteiger partial charge in [0.25, 0.3) is 0 Å². The summed E-state index contributed by atoms with van der Waals surface area (Å²) in [4.78, 5) is 30.7. The van der Waals surface area contributed by atoms with Crippen molar-refractivity contribution in [3.05, 3.63) is 46.0 Å². The number of hydrogen-bond acceptors (Lipinski definition) is 7. The monoisotopic (exact) mass is 503 g/mol. The Labute approximate surface area is 213 Å². The van der Waals surface area contributed by atoms with Crippen LogP contribution in [0.1, 0.15) is 77.4 Å². The predicted octanol–water partition coefficient (Wildman–Crippen LogP) is 5.43. The summed E-state index contributed by atoms with van der Waals surface area (Å²) in [6.45, 7) is 14.8. The number of rotatable bonds is 3. The van der Waals surface area contributed by atoms with Gasteiger partial charge in [-0.05, 0) is 57.6 Å². The van der Waals surface area contributed by atoms with Crippen LogP contribution in [0.25, 0.3) is 6.08 Å². The van der Waals surface area contributed by atoms with Crippen LogP contribution < -0.4 is 0 Å². The Hall–Kier alpha value is -2.09. The number of ether oxygens (including phenoxy) is 1. The smallest absolute Gasteiger partial charge is 0.309 e. The number of hydrogen-bond donors (Lipinski definition) is 2.